The largest absolute Gasteiger partial charge is 0.494 e. The smallest absolute Gasteiger partial charge is 0.199 e. The summed E-state index contributed by atoms with van der Waals surface area (Å²) in [6, 6.07) is 25.0. The van der Waals surface area contributed by atoms with E-state index in [1.807, 2.05) is 28.8 Å². The standard InChI is InChI=1S/C32H34N2O2/c35-31(15-10-23-16-18-33(19-17-23)21-24-6-2-1-3-7-24)26-12-11-25-13-14-30-28-8-4-5-9-29(28)32(36)34(30)22-27(25)20-26/h1-9,11-12,20,23,36H,10,13-19,21-22H2. The number of Topliss-reactive ketones (excluding diaryl/α,β-unsaturated/α-hetero) is 1. The average molecular weight is 479 g/mol. The molecule has 4 nitrogen and oxygen atoms in total. The van der Waals surface area contributed by atoms with E-state index in [4.69, 9.17) is 0 Å². The summed E-state index contributed by atoms with van der Waals surface area (Å²) in [7, 11) is 0. The van der Waals surface area contributed by atoms with Gasteiger partial charge in [-0.3, -0.25) is 9.69 Å². The van der Waals surface area contributed by atoms with Gasteiger partial charge in [0.1, 0.15) is 0 Å². The highest BCUT2D eigenvalue weighted by Gasteiger charge is 2.23. The number of ketones is 1. The van der Waals surface area contributed by atoms with Crippen molar-refractivity contribution in [2.45, 2.75) is 51.6 Å². The highest BCUT2D eigenvalue weighted by atomic mass is 16.3. The van der Waals surface area contributed by atoms with Gasteiger partial charge >= 0.3 is 0 Å². The number of rotatable bonds is 6. The number of carbonyl (C=O) groups excluding carboxylic acids is 1. The van der Waals surface area contributed by atoms with E-state index in [-0.39, 0.29) is 5.78 Å². The minimum atomic E-state index is 0.246. The van der Waals surface area contributed by atoms with E-state index in [9.17, 15) is 9.90 Å². The first-order valence-electron chi connectivity index (χ1n) is 13.4. The van der Waals surface area contributed by atoms with Gasteiger partial charge in [0.05, 0.1) is 6.54 Å². The van der Waals surface area contributed by atoms with Gasteiger partial charge in [-0.25, -0.2) is 0 Å². The Morgan fingerprint density at radius 2 is 1.61 bits per heavy atom. The highest BCUT2D eigenvalue weighted by Crippen LogP contribution is 2.35. The molecule has 1 saturated heterocycles. The van der Waals surface area contributed by atoms with E-state index in [0.717, 1.165) is 60.8 Å². The number of aromatic hydroxyl groups is 1. The van der Waals surface area contributed by atoms with E-state index >= 15 is 0 Å². The van der Waals surface area contributed by atoms with Crippen molar-refractivity contribution >= 4 is 16.6 Å². The molecule has 3 heterocycles. The maximum atomic E-state index is 13.2. The third-order valence-electron chi connectivity index (χ3n) is 8.28. The number of likely N-dealkylation sites (tertiary alicyclic amines) is 1. The second-order valence-corrected chi connectivity index (χ2v) is 10.6. The number of hydrogen-bond acceptors (Lipinski definition) is 3. The number of carbonyl (C=O) groups is 1. The molecule has 6 rings (SSSR count). The lowest BCUT2D eigenvalue weighted by molar-refractivity contribution is 0.0961. The molecule has 0 bridgehead atoms. The van der Waals surface area contributed by atoms with Crippen LogP contribution in [0.25, 0.3) is 10.8 Å². The molecule has 4 aromatic rings. The molecular weight excluding hydrogens is 444 g/mol. The molecule has 1 fully saturated rings. The van der Waals surface area contributed by atoms with Crippen LogP contribution in [0.15, 0.2) is 72.8 Å². The number of piperidine rings is 1. The summed E-state index contributed by atoms with van der Waals surface area (Å²) < 4.78 is 2.04. The maximum Gasteiger partial charge on any atom is 0.199 e. The van der Waals surface area contributed by atoms with E-state index in [1.165, 1.54) is 29.7 Å². The van der Waals surface area contributed by atoms with Crippen LogP contribution in [-0.4, -0.2) is 33.4 Å². The van der Waals surface area contributed by atoms with Crippen molar-refractivity contribution in [3.63, 3.8) is 0 Å². The number of nitrogens with zero attached hydrogens (tertiary/aromatic N) is 2. The molecule has 3 aromatic carbocycles. The van der Waals surface area contributed by atoms with Crippen molar-refractivity contribution in [2.75, 3.05) is 13.1 Å². The first-order valence-corrected chi connectivity index (χ1v) is 13.4. The molecule has 184 valence electrons. The lowest BCUT2D eigenvalue weighted by atomic mass is 9.89. The summed E-state index contributed by atoms with van der Waals surface area (Å²) in [6.07, 6.45) is 5.76. The molecule has 0 spiro atoms. The third-order valence-corrected chi connectivity index (χ3v) is 8.28. The van der Waals surface area contributed by atoms with Crippen molar-refractivity contribution in [1.29, 1.82) is 0 Å². The zero-order valence-corrected chi connectivity index (χ0v) is 20.8. The third kappa shape index (κ3) is 4.58. The number of fused-ring (bicyclic) bond motifs is 4. The number of aromatic nitrogens is 1. The van der Waals surface area contributed by atoms with Crippen molar-refractivity contribution in [3.05, 3.63) is 101 Å². The molecule has 36 heavy (non-hydrogen) atoms. The fraction of sp³-hybridized carbons (Fsp3) is 0.344. The predicted molar refractivity (Wildman–Crippen MR) is 145 cm³/mol. The Morgan fingerprint density at radius 1 is 0.861 bits per heavy atom. The van der Waals surface area contributed by atoms with Gasteiger partial charge < -0.3 is 9.67 Å². The van der Waals surface area contributed by atoms with Crippen LogP contribution in [-0.2, 0) is 25.9 Å². The molecule has 2 aliphatic heterocycles. The zero-order chi connectivity index (χ0) is 24.5. The van der Waals surface area contributed by atoms with Gasteiger partial charge in [0, 0.05) is 35.0 Å². The quantitative estimate of drug-likeness (QED) is 0.328. The van der Waals surface area contributed by atoms with Crippen LogP contribution >= 0.6 is 0 Å². The fourth-order valence-corrected chi connectivity index (χ4v) is 6.16. The molecule has 0 saturated carbocycles. The van der Waals surface area contributed by atoms with Gasteiger partial charge in [-0.1, -0.05) is 60.7 Å². The molecule has 1 aromatic heterocycles. The van der Waals surface area contributed by atoms with E-state index in [2.05, 4.69) is 53.4 Å². The van der Waals surface area contributed by atoms with Crippen LogP contribution in [0, 0.1) is 5.92 Å². The number of benzene rings is 3. The zero-order valence-electron chi connectivity index (χ0n) is 20.8. The lowest BCUT2D eigenvalue weighted by Crippen LogP contribution is -2.33. The molecule has 0 unspecified atom stereocenters. The van der Waals surface area contributed by atoms with Gasteiger partial charge in [-0.2, -0.15) is 0 Å². The van der Waals surface area contributed by atoms with Crippen molar-refractivity contribution < 1.29 is 9.90 Å². The van der Waals surface area contributed by atoms with Crippen molar-refractivity contribution in [2.24, 2.45) is 5.92 Å². The molecule has 0 aliphatic carbocycles. The Hall–Kier alpha value is -3.37. The number of hydrogen-bond donors (Lipinski definition) is 1. The molecule has 0 amide bonds. The average Bonchev–Trinajstić information content (AvgIpc) is 3.06. The Bertz CT molecular complexity index is 1380. The van der Waals surface area contributed by atoms with E-state index in [1.54, 1.807) is 0 Å². The van der Waals surface area contributed by atoms with Crippen LogP contribution in [0.2, 0.25) is 0 Å². The monoisotopic (exact) mass is 478 g/mol. The van der Waals surface area contributed by atoms with Gasteiger partial charge in [-0.15, -0.1) is 0 Å². The normalized spacial score (nSPS) is 16.4. The van der Waals surface area contributed by atoms with Gasteiger partial charge in [-0.05, 0) is 79.9 Å². The summed E-state index contributed by atoms with van der Waals surface area (Å²) in [5, 5.41) is 12.9. The fourth-order valence-electron chi connectivity index (χ4n) is 6.16. The Kier molecular flexibility index (Phi) is 6.37. The van der Waals surface area contributed by atoms with Crippen LogP contribution in [0.4, 0.5) is 0 Å². The molecule has 0 atom stereocenters. The topological polar surface area (TPSA) is 45.5 Å². The van der Waals surface area contributed by atoms with E-state index < -0.39 is 0 Å². The predicted octanol–water partition coefficient (Wildman–Crippen LogP) is 6.37. The van der Waals surface area contributed by atoms with Crippen molar-refractivity contribution in [1.82, 2.24) is 9.47 Å². The minimum Gasteiger partial charge on any atom is -0.494 e. The summed E-state index contributed by atoms with van der Waals surface area (Å²) in [5.41, 5.74) is 5.82. The Balaban J connectivity index is 1.08. The summed E-state index contributed by atoms with van der Waals surface area (Å²) in [5.74, 6) is 1.22. The molecule has 0 radical (unpaired) electrons. The summed E-state index contributed by atoms with van der Waals surface area (Å²) in [4.78, 5) is 15.7. The first-order chi connectivity index (χ1) is 17.7. The van der Waals surface area contributed by atoms with Gasteiger partial charge in [0.25, 0.3) is 0 Å². The molecule has 2 aliphatic rings. The van der Waals surface area contributed by atoms with Crippen LogP contribution in [0.5, 0.6) is 5.88 Å². The molecule has 1 N–H and O–H groups in total. The lowest BCUT2D eigenvalue weighted by Gasteiger charge is -2.32. The van der Waals surface area contributed by atoms with Gasteiger partial charge in [0.2, 0.25) is 0 Å². The molecule has 4 heteroatoms. The van der Waals surface area contributed by atoms with Crippen LogP contribution < -0.4 is 0 Å². The van der Waals surface area contributed by atoms with Crippen molar-refractivity contribution in [3.8, 4) is 5.88 Å². The van der Waals surface area contributed by atoms with Crippen LogP contribution in [0.1, 0.15) is 58.4 Å². The number of aryl methyl sites for hydroxylation is 2. The molecular formula is C32H34N2O2. The minimum absolute atomic E-state index is 0.246. The second kappa shape index (κ2) is 9.94. The second-order valence-electron chi connectivity index (χ2n) is 10.6. The SMILES string of the molecule is O=C(CCC1CCN(Cc2ccccc2)CC1)c1ccc2c(c1)Cn1c(O)c3ccccc3c1CC2. The van der Waals surface area contributed by atoms with Crippen LogP contribution in [0.3, 0.4) is 0 Å². The maximum absolute atomic E-state index is 13.2. The first kappa shape index (κ1) is 23.1. The summed E-state index contributed by atoms with van der Waals surface area (Å²) in [6.45, 7) is 3.87. The van der Waals surface area contributed by atoms with E-state index in [0.29, 0.717) is 24.8 Å². The Morgan fingerprint density at radius 3 is 2.42 bits per heavy atom. The van der Waals surface area contributed by atoms with Gasteiger partial charge in [0.15, 0.2) is 11.7 Å². The Labute approximate surface area is 213 Å². The summed E-state index contributed by atoms with van der Waals surface area (Å²) >= 11 is 0. The highest BCUT2D eigenvalue weighted by molar-refractivity contribution is 5.96.